The molecule has 0 aliphatic heterocycles. The van der Waals surface area contributed by atoms with Crippen LogP contribution in [0.1, 0.15) is 23.7 Å². The highest BCUT2D eigenvalue weighted by molar-refractivity contribution is 5.94. The van der Waals surface area contributed by atoms with Crippen LogP contribution >= 0.6 is 0 Å². The quantitative estimate of drug-likeness (QED) is 0.788. The molecule has 1 saturated carbocycles. The molecule has 2 unspecified atom stereocenters. The SMILES string of the molecule is COC(=O)c1cccnc1NCC1CC1C. The Bertz CT molecular complexity index is 392. The minimum Gasteiger partial charge on any atom is -0.465 e. The molecule has 1 aliphatic carbocycles. The van der Waals surface area contributed by atoms with E-state index in [9.17, 15) is 4.79 Å². The minimum absolute atomic E-state index is 0.348. The Morgan fingerprint density at radius 3 is 3.06 bits per heavy atom. The van der Waals surface area contributed by atoms with Crippen molar-refractivity contribution in [3.8, 4) is 0 Å². The molecule has 0 saturated heterocycles. The summed E-state index contributed by atoms with van der Waals surface area (Å²) in [5.74, 6) is 1.78. The van der Waals surface area contributed by atoms with Gasteiger partial charge in [0, 0.05) is 12.7 Å². The summed E-state index contributed by atoms with van der Waals surface area (Å²) in [5.41, 5.74) is 0.498. The zero-order chi connectivity index (χ0) is 11.5. The maximum atomic E-state index is 11.5. The molecule has 0 bridgehead atoms. The average molecular weight is 220 g/mol. The Morgan fingerprint density at radius 2 is 2.44 bits per heavy atom. The van der Waals surface area contributed by atoms with E-state index >= 15 is 0 Å². The lowest BCUT2D eigenvalue weighted by Crippen LogP contribution is -2.12. The highest BCUT2D eigenvalue weighted by atomic mass is 16.5. The Morgan fingerprint density at radius 1 is 1.69 bits per heavy atom. The van der Waals surface area contributed by atoms with E-state index in [0.29, 0.717) is 17.3 Å². The maximum absolute atomic E-state index is 11.5. The monoisotopic (exact) mass is 220 g/mol. The van der Waals surface area contributed by atoms with E-state index in [1.54, 1.807) is 18.3 Å². The van der Waals surface area contributed by atoms with Crippen molar-refractivity contribution in [2.75, 3.05) is 19.0 Å². The summed E-state index contributed by atoms with van der Waals surface area (Å²) in [6.45, 7) is 3.11. The number of aromatic nitrogens is 1. The van der Waals surface area contributed by atoms with Crippen LogP contribution in [0.4, 0.5) is 5.82 Å². The van der Waals surface area contributed by atoms with Gasteiger partial charge >= 0.3 is 5.97 Å². The van der Waals surface area contributed by atoms with E-state index in [0.717, 1.165) is 12.5 Å². The van der Waals surface area contributed by atoms with Crippen LogP contribution in [0.2, 0.25) is 0 Å². The number of hydrogen-bond donors (Lipinski definition) is 1. The molecular weight excluding hydrogens is 204 g/mol. The van der Waals surface area contributed by atoms with Gasteiger partial charge in [0.15, 0.2) is 0 Å². The first-order valence-electron chi connectivity index (χ1n) is 5.49. The summed E-state index contributed by atoms with van der Waals surface area (Å²) in [7, 11) is 1.38. The summed E-state index contributed by atoms with van der Waals surface area (Å²) < 4.78 is 4.70. The Balaban J connectivity index is 2.04. The van der Waals surface area contributed by atoms with E-state index in [1.165, 1.54) is 13.5 Å². The maximum Gasteiger partial charge on any atom is 0.341 e. The molecule has 0 spiro atoms. The van der Waals surface area contributed by atoms with Crippen molar-refractivity contribution in [2.45, 2.75) is 13.3 Å². The number of esters is 1. The van der Waals surface area contributed by atoms with E-state index in [4.69, 9.17) is 4.74 Å². The van der Waals surface area contributed by atoms with Gasteiger partial charge in [-0.05, 0) is 30.4 Å². The van der Waals surface area contributed by atoms with Crippen LogP contribution in [0.3, 0.4) is 0 Å². The van der Waals surface area contributed by atoms with Crippen molar-refractivity contribution in [2.24, 2.45) is 11.8 Å². The summed E-state index contributed by atoms with van der Waals surface area (Å²) >= 11 is 0. The molecule has 0 radical (unpaired) electrons. The topological polar surface area (TPSA) is 51.2 Å². The fourth-order valence-electron chi connectivity index (χ4n) is 1.73. The summed E-state index contributed by atoms with van der Waals surface area (Å²) in [5, 5.41) is 3.21. The lowest BCUT2D eigenvalue weighted by atomic mass is 10.2. The zero-order valence-electron chi connectivity index (χ0n) is 9.56. The van der Waals surface area contributed by atoms with Crippen molar-refractivity contribution in [1.29, 1.82) is 0 Å². The molecule has 1 fully saturated rings. The number of anilines is 1. The summed E-state index contributed by atoms with van der Waals surface area (Å²) in [4.78, 5) is 15.6. The van der Waals surface area contributed by atoms with Crippen LogP contribution in [-0.4, -0.2) is 24.6 Å². The molecule has 1 aromatic heterocycles. The number of nitrogens with one attached hydrogen (secondary N) is 1. The number of hydrogen-bond acceptors (Lipinski definition) is 4. The van der Waals surface area contributed by atoms with Crippen LogP contribution in [0.25, 0.3) is 0 Å². The molecule has 2 atom stereocenters. The van der Waals surface area contributed by atoms with Crippen molar-refractivity contribution in [1.82, 2.24) is 4.98 Å². The van der Waals surface area contributed by atoms with Crippen LogP contribution < -0.4 is 5.32 Å². The second-order valence-electron chi connectivity index (χ2n) is 4.25. The smallest absolute Gasteiger partial charge is 0.341 e. The van der Waals surface area contributed by atoms with Gasteiger partial charge in [-0.15, -0.1) is 0 Å². The third-order valence-electron chi connectivity index (χ3n) is 3.02. The molecule has 0 aromatic carbocycles. The zero-order valence-corrected chi connectivity index (χ0v) is 9.56. The lowest BCUT2D eigenvalue weighted by Gasteiger charge is -2.08. The number of ether oxygens (including phenoxy) is 1. The van der Waals surface area contributed by atoms with Gasteiger partial charge in [0.05, 0.1) is 7.11 Å². The van der Waals surface area contributed by atoms with Crippen molar-refractivity contribution in [3.05, 3.63) is 23.9 Å². The first-order valence-corrected chi connectivity index (χ1v) is 5.49. The molecule has 4 heteroatoms. The number of methoxy groups -OCH3 is 1. The van der Waals surface area contributed by atoms with Gasteiger partial charge in [-0.25, -0.2) is 9.78 Å². The van der Waals surface area contributed by atoms with Crippen molar-refractivity contribution in [3.63, 3.8) is 0 Å². The minimum atomic E-state index is -0.348. The standard InChI is InChI=1S/C12H16N2O2/c1-8-6-9(8)7-14-11-10(12(15)16-2)4-3-5-13-11/h3-5,8-9H,6-7H2,1-2H3,(H,13,14). The fourth-order valence-corrected chi connectivity index (χ4v) is 1.73. The van der Waals surface area contributed by atoms with Gasteiger partial charge in [-0.3, -0.25) is 0 Å². The third-order valence-corrected chi connectivity index (χ3v) is 3.02. The van der Waals surface area contributed by atoms with E-state index < -0.39 is 0 Å². The Hall–Kier alpha value is -1.58. The second-order valence-corrected chi connectivity index (χ2v) is 4.25. The van der Waals surface area contributed by atoms with Crippen LogP contribution in [0.5, 0.6) is 0 Å². The van der Waals surface area contributed by atoms with Gasteiger partial charge in [0.2, 0.25) is 0 Å². The van der Waals surface area contributed by atoms with Gasteiger partial charge in [0.1, 0.15) is 11.4 Å². The molecule has 1 aliphatic rings. The number of carbonyl (C=O) groups excluding carboxylic acids is 1. The highest BCUT2D eigenvalue weighted by Crippen LogP contribution is 2.37. The molecule has 4 nitrogen and oxygen atoms in total. The molecule has 2 rings (SSSR count). The first-order chi connectivity index (χ1) is 7.72. The molecular formula is C12H16N2O2. The highest BCUT2D eigenvalue weighted by Gasteiger charge is 2.32. The molecule has 1 aromatic rings. The number of nitrogens with zero attached hydrogens (tertiary/aromatic N) is 1. The normalized spacial score (nSPS) is 22.6. The van der Waals surface area contributed by atoms with Crippen LogP contribution in [0, 0.1) is 11.8 Å². The number of carbonyl (C=O) groups is 1. The van der Waals surface area contributed by atoms with Gasteiger partial charge < -0.3 is 10.1 Å². The van der Waals surface area contributed by atoms with Crippen molar-refractivity contribution < 1.29 is 9.53 Å². The molecule has 16 heavy (non-hydrogen) atoms. The Labute approximate surface area is 95.0 Å². The number of rotatable bonds is 4. The molecule has 1 heterocycles. The summed E-state index contributed by atoms with van der Waals surface area (Å²) in [6, 6.07) is 3.45. The third kappa shape index (κ3) is 2.32. The number of pyridine rings is 1. The van der Waals surface area contributed by atoms with E-state index in [-0.39, 0.29) is 5.97 Å². The lowest BCUT2D eigenvalue weighted by molar-refractivity contribution is 0.0601. The van der Waals surface area contributed by atoms with Crippen LogP contribution in [-0.2, 0) is 4.74 Å². The molecule has 86 valence electrons. The van der Waals surface area contributed by atoms with Crippen molar-refractivity contribution >= 4 is 11.8 Å². The predicted octanol–water partition coefficient (Wildman–Crippen LogP) is 1.94. The second kappa shape index (κ2) is 4.51. The van der Waals surface area contributed by atoms with Gasteiger partial charge in [-0.2, -0.15) is 0 Å². The van der Waals surface area contributed by atoms with Gasteiger partial charge in [0.25, 0.3) is 0 Å². The molecule has 0 amide bonds. The predicted molar refractivity (Wildman–Crippen MR) is 61.3 cm³/mol. The average Bonchev–Trinajstić information content (AvgIpc) is 3.02. The van der Waals surface area contributed by atoms with Crippen LogP contribution in [0.15, 0.2) is 18.3 Å². The first kappa shape index (κ1) is 10.9. The van der Waals surface area contributed by atoms with Gasteiger partial charge in [-0.1, -0.05) is 6.92 Å². The Kier molecular flexibility index (Phi) is 3.08. The van der Waals surface area contributed by atoms with E-state index in [2.05, 4.69) is 17.2 Å². The largest absolute Gasteiger partial charge is 0.465 e. The van der Waals surface area contributed by atoms with E-state index in [1.807, 2.05) is 0 Å². The molecule has 1 N–H and O–H groups in total. The summed E-state index contributed by atoms with van der Waals surface area (Å²) in [6.07, 6.45) is 2.93. The fraction of sp³-hybridized carbons (Fsp3) is 0.500.